The van der Waals surface area contributed by atoms with Crippen LogP contribution in [0.15, 0.2) is 30.3 Å². The summed E-state index contributed by atoms with van der Waals surface area (Å²) in [5.74, 6) is -0.969. The van der Waals surface area contributed by atoms with E-state index in [9.17, 15) is 14.7 Å². The van der Waals surface area contributed by atoms with E-state index in [1.54, 1.807) is 24.3 Å². The molecule has 0 aliphatic carbocycles. The van der Waals surface area contributed by atoms with Crippen LogP contribution in [0.25, 0.3) is 11.2 Å². The molecular formula is C14H12N6Na2O3. The Morgan fingerprint density at radius 2 is 1.88 bits per heavy atom. The Labute approximate surface area is 186 Å². The van der Waals surface area contributed by atoms with E-state index in [-0.39, 0.29) is 70.6 Å². The van der Waals surface area contributed by atoms with Crippen molar-refractivity contribution < 1.29 is 14.7 Å². The molecule has 25 heavy (non-hydrogen) atoms. The summed E-state index contributed by atoms with van der Waals surface area (Å²) in [7, 11) is 0. The van der Waals surface area contributed by atoms with Crippen LogP contribution < -0.4 is 10.6 Å². The number of carbonyl (C=O) groups is 2. The third kappa shape index (κ3) is 5.24. The number of aromatic amines is 1. The maximum Gasteiger partial charge on any atom is 0.337 e. The number of benzene rings is 1. The monoisotopic (exact) mass is 358 g/mol. The van der Waals surface area contributed by atoms with Gasteiger partial charge in [-0.05, 0) is 30.3 Å². The van der Waals surface area contributed by atoms with Gasteiger partial charge >= 0.3 is 5.97 Å². The SMILES string of the molecule is CC(=O)Nc1ccc(Nc2ccc3n[nH]nc3n2)c(C(=O)O)c1.[Na].[Na]. The summed E-state index contributed by atoms with van der Waals surface area (Å²) in [6.07, 6.45) is 0. The Hall–Kier alpha value is -1.49. The zero-order valence-electron chi connectivity index (χ0n) is 14.0. The van der Waals surface area contributed by atoms with Crippen LogP contribution in [0.3, 0.4) is 0 Å². The molecule has 0 spiro atoms. The Bertz CT molecular complexity index is 914. The first-order valence-electron chi connectivity index (χ1n) is 6.62. The summed E-state index contributed by atoms with van der Waals surface area (Å²) in [4.78, 5) is 26.7. The topological polar surface area (TPSA) is 133 Å². The van der Waals surface area contributed by atoms with Gasteiger partial charge in [-0.15, -0.1) is 5.10 Å². The molecule has 0 saturated heterocycles. The van der Waals surface area contributed by atoms with Crippen LogP contribution >= 0.6 is 0 Å². The zero-order valence-corrected chi connectivity index (χ0v) is 18.0. The average molecular weight is 358 g/mol. The van der Waals surface area contributed by atoms with E-state index in [4.69, 9.17) is 0 Å². The molecule has 3 aromatic rings. The van der Waals surface area contributed by atoms with Gasteiger partial charge in [0.05, 0.1) is 11.3 Å². The third-order valence-corrected chi connectivity index (χ3v) is 3.01. The molecule has 2 heterocycles. The standard InChI is InChI=1S/C14H12N6O3.2Na/c1-7(21)15-8-2-3-10(9(6-8)14(22)23)16-12-5-4-11-13(17-12)19-20-18-11;;/h2-6H,1H3,(H,15,21)(H,22,23)(H2,16,17,18,19,20);;. The number of H-pyrrole nitrogens is 1. The average Bonchev–Trinajstić information content (AvgIpc) is 2.95. The van der Waals surface area contributed by atoms with E-state index in [0.717, 1.165) is 0 Å². The first kappa shape index (κ1) is 21.6. The molecule has 4 N–H and O–H groups in total. The smallest absolute Gasteiger partial charge is 0.337 e. The minimum atomic E-state index is -1.12. The predicted octanol–water partition coefficient (Wildman–Crippen LogP) is 0.991. The van der Waals surface area contributed by atoms with Crippen molar-refractivity contribution >= 4 is 99.3 Å². The van der Waals surface area contributed by atoms with Crippen LogP contribution in [-0.2, 0) is 4.79 Å². The molecule has 0 aliphatic rings. The fourth-order valence-electron chi connectivity index (χ4n) is 2.06. The van der Waals surface area contributed by atoms with Gasteiger partial charge in [0.1, 0.15) is 11.3 Å². The van der Waals surface area contributed by atoms with Gasteiger partial charge in [0.15, 0.2) is 0 Å². The maximum absolute atomic E-state index is 11.4. The number of aromatic carboxylic acids is 1. The van der Waals surface area contributed by atoms with Crippen molar-refractivity contribution in [3.63, 3.8) is 0 Å². The van der Waals surface area contributed by atoms with Crippen molar-refractivity contribution in [2.24, 2.45) is 0 Å². The summed E-state index contributed by atoms with van der Waals surface area (Å²) >= 11 is 0. The number of fused-ring (bicyclic) bond motifs is 1. The van der Waals surface area contributed by atoms with Gasteiger partial charge in [0.25, 0.3) is 0 Å². The molecule has 0 bridgehead atoms. The minimum Gasteiger partial charge on any atom is -0.478 e. The molecule has 0 fully saturated rings. The molecule has 0 atom stereocenters. The summed E-state index contributed by atoms with van der Waals surface area (Å²) in [6.45, 7) is 1.35. The number of nitrogens with one attached hydrogen (secondary N) is 3. The van der Waals surface area contributed by atoms with Crippen LogP contribution in [0, 0.1) is 0 Å². The Morgan fingerprint density at radius 3 is 2.56 bits per heavy atom. The first-order chi connectivity index (χ1) is 11.0. The van der Waals surface area contributed by atoms with Crippen molar-refractivity contribution in [2.45, 2.75) is 6.92 Å². The number of carboxylic acids is 1. The van der Waals surface area contributed by atoms with E-state index >= 15 is 0 Å². The predicted molar refractivity (Wildman–Crippen MR) is 94.2 cm³/mol. The van der Waals surface area contributed by atoms with Gasteiger partial charge < -0.3 is 15.7 Å². The van der Waals surface area contributed by atoms with Crippen LogP contribution in [0.1, 0.15) is 17.3 Å². The van der Waals surface area contributed by atoms with Crippen LogP contribution in [0.2, 0.25) is 0 Å². The second-order valence-electron chi connectivity index (χ2n) is 4.73. The number of hydrogen-bond acceptors (Lipinski definition) is 6. The number of hydrogen-bond donors (Lipinski definition) is 4. The molecule has 3 rings (SSSR count). The third-order valence-electron chi connectivity index (χ3n) is 3.01. The number of aromatic nitrogens is 4. The number of nitrogens with zero attached hydrogens (tertiary/aromatic N) is 3. The van der Waals surface area contributed by atoms with Gasteiger partial charge in [-0.3, -0.25) is 4.79 Å². The van der Waals surface area contributed by atoms with E-state index in [0.29, 0.717) is 28.4 Å². The fraction of sp³-hybridized carbons (Fsp3) is 0.0714. The van der Waals surface area contributed by atoms with Gasteiger partial charge in [0, 0.05) is 71.7 Å². The molecule has 1 amide bonds. The van der Waals surface area contributed by atoms with E-state index in [2.05, 4.69) is 31.0 Å². The normalized spacial score (nSPS) is 9.64. The Kier molecular flexibility index (Phi) is 8.00. The molecular weight excluding hydrogens is 346 g/mol. The number of carboxylic acid groups (broad SMARTS) is 1. The van der Waals surface area contributed by atoms with Crippen molar-refractivity contribution in [3.8, 4) is 0 Å². The molecule has 2 radical (unpaired) electrons. The molecule has 9 nitrogen and oxygen atoms in total. The second kappa shape index (κ2) is 9.27. The second-order valence-corrected chi connectivity index (χ2v) is 4.73. The number of pyridine rings is 1. The molecule has 0 unspecified atom stereocenters. The summed E-state index contributed by atoms with van der Waals surface area (Å²) < 4.78 is 0. The largest absolute Gasteiger partial charge is 0.478 e. The van der Waals surface area contributed by atoms with Crippen LogP contribution in [0.4, 0.5) is 17.2 Å². The molecule has 118 valence electrons. The molecule has 0 aliphatic heterocycles. The minimum absolute atomic E-state index is 0. The van der Waals surface area contributed by atoms with Crippen molar-refractivity contribution in [3.05, 3.63) is 35.9 Å². The van der Waals surface area contributed by atoms with Gasteiger partial charge in [-0.25, -0.2) is 9.78 Å². The van der Waals surface area contributed by atoms with Gasteiger partial charge in [-0.2, -0.15) is 10.3 Å². The quantitative estimate of drug-likeness (QED) is 0.511. The Morgan fingerprint density at radius 1 is 1.12 bits per heavy atom. The van der Waals surface area contributed by atoms with Crippen molar-refractivity contribution in [1.29, 1.82) is 0 Å². The summed E-state index contributed by atoms with van der Waals surface area (Å²) in [5.41, 5.74) is 1.79. The molecule has 1 aromatic carbocycles. The number of anilines is 3. The summed E-state index contributed by atoms with van der Waals surface area (Å²) in [5, 5.41) is 25.0. The van der Waals surface area contributed by atoms with Gasteiger partial charge in [-0.1, -0.05) is 0 Å². The van der Waals surface area contributed by atoms with Crippen LogP contribution in [-0.4, -0.2) is 96.5 Å². The van der Waals surface area contributed by atoms with Crippen LogP contribution in [0.5, 0.6) is 0 Å². The van der Waals surface area contributed by atoms with E-state index < -0.39 is 5.97 Å². The van der Waals surface area contributed by atoms with Crippen molar-refractivity contribution in [1.82, 2.24) is 20.4 Å². The molecule has 11 heteroatoms. The van der Waals surface area contributed by atoms with E-state index in [1.165, 1.54) is 13.0 Å². The Balaban J connectivity index is 0.00000156. The first-order valence-corrected chi connectivity index (χ1v) is 6.62. The fourth-order valence-corrected chi connectivity index (χ4v) is 2.06. The van der Waals surface area contributed by atoms with Crippen molar-refractivity contribution in [2.75, 3.05) is 10.6 Å². The summed E-state index contributed by atoms with van der Waals surface area (Å²) in [6, 6.07) is 7.91. The maximum atomic E-state index is 11.4. The number of rotatable bonds is 4. The number of carbonyl (C=O) groups excluding carboxylic acids is 1. The van der Waals surface area contributed by atoms with Gasteiger partial charge in [0.2, 0.25) is 11.6 Å². The van der Waals surface area contributed by atoms with E-state index in [1.807, 2.05) is 0 Å². The zero-order chi connectivity index (χ0) is 16.4. The number of amides is 1. The molecule has 2 aromatic heterocycles. The molecule has 0 saturated carbocycles.